The van der Waals surface area contributed by atoms with Crippen LogP contribution in [0.15, 0.2) is 30.5 Å². The number of aliphatic hydroxyl groups is 1. The van der Waals surface area contributed by atoms with Gasteiger partial charge in [-0.15, -0.1) is 0 Å². The molecule has 3 aromatic rings. The molecule has 10 heteroatoms. The number of halogens is 5. The van der Waals surface area contributed by atoms with Gasteiger partial charge in [-0.3, -0.25) is 0 Å². The lowest BCUT2D eigenvalue weighted by Gasteiger charge is -2.52. The fourth-order valence-electron chi connectivity index (χ4n) is 5.91. The number of alkyl halides is 3. The van der Waals surface area contributed by atoms with Gasteiger partial charge < -0.3 is 15.5 Å². The molecule has 2 aliphatic rings. The van der Waals surface area contributed by atoms with E-state index in [4.69, 9.17) is 0 Å². The van der Waals surface area contributed by atoms with Gasteiger partial charge in [0.2, 0.25) is 0 Å². The number of aromatic nitrogens is 2. The molecule has 0 radical (unpaired) electrons. The predicted octanol–water partition coefficient (Wildman–Crippen LogP) is 5.97. The van der Waals surface area contributed by atoms with E-state index in [0.717, 1.165) is 18.6 Å². The average molecular weight is 493 g/mol. The summed E-state index contributed by atoms with van der Waals surface area (Å²) in [4.78, 5) is 8.09. The first-order valence-corrected chi connectivity index (χ1v) is 11.5. The lowest BCUT2D eigenvalue weighted by Crippen LogP contribution is -2.59. The number of nitrogens with zero attached hydrogens (tertiary/aromatic N) is 2. The third-order valence-corrected chi connectivity index (χ3v) is 7.51. The van der Waals surface area contributed by atoms with Crippen molar-refractivity contribution in [2.45, 2.75) is 68.7 Å². The van der Waals surface area contributed by atoms with Crippen molar-refractivity contribution in [2.24, 2.45) is 0 Å². The van der Waals surface area contributed by atoms with E-state index in [-0.39, 0.29) is 46.4 Å². The predicted molar refractivity (Wildman–Crippen MR) is 119 cm³/mol. The molecule has 0 bridgehead atoms. The molecule has 5 rings (SSSR count). The normalized spacial score (nSPS) is 23.9. The Hall–Kier alpha value is -3.01. The maximum atomic E-state index is 14.6. The summed E-state index contributed by atoms with van der Waals surface area (Å²) < 4.78 is 72.8. The molecule has 1 spiro atoms. The second kappa shape index (κ2) is 8.01. The van der Waals surface area contributed by atoms with Crippen molar-refractivity contribution < 1.29 is 32.2 Å². The molecule has 1 fully saturated rings. The summed E-state index contributed by atoms with van der Waals surface area (Å²) in [7, 11) is 0. The van der Waals surface area contributed by atoms with Crippen LogP contribution in [0.1, 0.15) is 61.5 Å². The highest BCUT2D eigenvalue weighted by molar-refractivity contribution is 5.91. The van der Waals surface area contributed by atoms with Crippen molar-refractivity contribution in [2.75, 3.05) is 5.32 Å². The van der Waals surface area contributed by atoms with Crippen LogP contribution in [0.4, 0.5) is 27.6 Å². The molecule has 0 saturated heterocycles. The third-order valence-electron chi connectivity index (χ3n) is 7.51. The zero-order chi connectivity index (χ0) is 25.2. The Bertz CT molecular complexity index is 1310. The first-order chi connectivity index (χ1) is 16.5. The van der Waals surface area contributed by atoms with Gasteiger partial charge in [-0.1, -0.05) is 25.3 Å². The van der Waals surface area contributed by atoms with Gasteiger partial charge in [-0.05, 0) is 49.9 Å². The van der Waals surface area contributed by atoms with Crippen LogP contribution in [0.5, 0.6) is 5.75 Å². The second-order valence-electron chi connectivity index (χ2n) is 9.65. The smallest absolute Gasteiger partial charge is 0.419 e. The van der Waals surface area contributed by atoms with Gasteiger partial charge in [0.25, 0.3) is 0 Å². The first kappa shape index (κ1) is 23.7. The van der Waals surface area contributed by atoms with Crippen LogP contribution in [0, 0.1) is 18.6 Å². The van der Waals surface area contributed by atoms with E-state index in [0.29, 0.717) is 12.8 Å². The highest BCUT2D eigenvalue weighted by Crippen LogP contribution is 2.60. The van der Waals surface area contributed by atoms with Crippen LogP contribution in [-0.4, -0.2) is 32.0 Å². The van der Waals surface area contributed by atoms with E-state index >= 15 is 0 Å². The summed E-state index contributed by atoms with van der Waals surface area (Å²) in [5.74, 6) is -2.01. The number of benzene rings is 2. The summed E-state index contributed by atoms with van der Waals surface area (Å²) in [5.41, 5.74) is -4.42. The Balaban J connectivity index is 1.74. The number of aromatic hydroxyl groups is 1. The minimum absolute atomic E-state index is 0.0395. The highest BCUT2D eigenvalue weighted by atomic mass is 19.4. The molecule has 35 heavy (non-hydrogen) atoms. The lowest BCUT2D eigenvalue weighted by atomic mass is 9.56. The maximum Gasteiger partial charge on any atom is 0.419 e. The topological polar surface area (TPSA) is 78.3 Å². The standard InChI is InChI=1S/C25H24F5N3O2/c1-13-31-11-15-18(8-7-16(26)20(15)32-13)33-22-14-5-6-17(27)21(34)19(14)23(9-3-2-4-10-23)12-24(22,35)25(28,29)30/h5-8,11,22,33-35H,2-4,9-10,12H2,1H3. The molecule has 0 amide bonds. The van der Waals surface area contributed by atoms with Gasteiger partial charge in [0.1, 0.15) is 17.2 Å². The monoisotopic (exact) mass is 493 g/mol. The SMILES string of the molecule is Cc1ncc2c(NC3c4ccc(F)c(O)c4C4(CCCCC4)CC3(O)C(F)(F)F)ccc(F)c2n1. The maximum absolute atomic E-state index is 14.6. The van der Waals surface area contributed by atoms with Crippen molar-refractivity contribution in [1.29, 1.82) is 0 Å². The Morgan fingerprint density at radius 3 is 2.40 bits per heavy atom. The largest absolute Gasteiger partial charge is 0.505 e. The fraction of sp³-hybridized carbons (Fsp3) is 0.440. The van der Waals surface area contributed by atoms with Crippen LogP contribution in [0.3, 0.4) is 0 Å². The van der Waals surface area contributed by atoms with Crippen molar-refractivity contribution in [1.82, 2.24) is 9.97 Å². The van der Waals surface area contributed by atoms with E-state index in [1.165, 1.54) is 18.3 Å². The zero-order valence-electron chi connectivity index (χ0n) is 18.9. The quantitative estimate of drug-likeness (QED) is 0.383. The van der Waals surface area contributed by atoms with Crippen LogP contribution >= 0.6 is 0 Å². The number of anilines is 1. The van der Waals surface area contributed by atoms with Crippen LogP contribution in [0.2, 0.25) is 0 Å². The van der Waals surface area contributed by atoms with Gasteiger partial charge in [0.15, 0.2) is 17.2 Å². The number of hydrogen-bond acceptors (Lipinski definition) is 5. The van der Waals surface area contributed by atoms with E-state index in [2.05, 4.69) is 15.3 Å². The molecule has 186 valence electrons. The Labute approximate surface area is 198 Å². The number of aryl methyl sites for hydroxylation is 1. The Morgan fingerprint density at radius 2 is 1.71 bits per heavy atom. The summed E-state index contributed by atoms with van der Waals surface area (Å²) in [6, 6.07) is 2.60. The minimum atomic E-state index is -5.06. The van der Waals surface area contributed by atoms with Crippen LogP contribution in [0.25, 0.3) is 10.9 Å². The number of hydrogen-bond donors (Lipinski definition) is 3. The molecule has 1 aromatic heterocycles. The summed E-state index contributed by atoms with van der Waals surface area (Å²) in [6.45, 7) is 1.56. The zero-order valence-corrected chi connectivity index (χ0v) is 18.9. The Morgan fingerprint density at radius 1 is 1.03 bits per heavy atom. The van der Waals surface area contributed by atoms with E-state index in [1.54, 1.807) is 6.92 Å². The minimum Gasteiger partial charge on any atom is -0.505 e. The molecule has 1 saturated carbocycles. The van der Waals surface area contributed by atoms with Gasteiger partial charge >= 0.3 is 6.18 Å². The van der Waals surface area contributed by atoms with E-state index in [9.17, 15) is 32.2 Å². The molecule has 2 unspecified atom stereocenters. The molecular formula is C25H24F5N3O2. The molecule has 2 aromatic carbocycles. The molecule has 3 N–H and O–H groups in total. The summed E-state index contributed by atoms with van der Waals surface area (Å²) >= 11 is 0. The number of phenols is 1. The molecule has 0 aliphatic heterocycles. The van der Waals surface area contributed by atoms with Crippen molar-refractivity contribution in [3.63, 3.8) is 0 Å². The lowest BCUT2D eigenvalue weighted by molar-refractivity contribution is -0.277. The average Bonchev–Trinajstić information content (AvgIpc) is 2.80. The third kappa shape index (κ3) is 3.61. The first-order valence-electron chi connectivity index (χ1n) is 11.5. The molecule has 2 atom stereocenters. The van der Waals surface area contributed by atoms with Gasteiger partial charge in [0.05, 0.1) is 6.04 Å². The Kier molecular flexibility index (Phi) is 5.43. The van der Waals surface area contributed by atoms with E-state index < -0.39 is 47.0 Å². The molecular weight excluding hydrogens is 469 g/mol. The second-order valence-corrected chi connectivity index (χ2v) is 9.65. The van der Waals surface area contributed by atoms with E-state index in [1.807, 2.05) is 0 Å². The number of rotatable bonds is 2. The summed E-state index contributed by atoms with van der Waals surface area (Å²) in [6.07, 6.45) is -1.92. The number of phenolic OH excluding ortho intramolecular Hbond substituents is 1. The molecule has 2 aliphatic carbocycles. The molecule has 1 heterocycles. The highest BCUT2D eigenvalue weighted by Gasteiger charge is 2.66. The van der Waals surface area contributed by atoms with Gasteiger partial charge in [-0.25, -0.2) is 18.7 Å². The van der Waals surface area contributed by atoms with Crippen molar-refractivity contribution in [3.05, 3.63) is 59.0 Å². The van der Waals surface area contributed by atoms with Gasteiger partial charge in [-0.2, -0.15) is 13.2 Å². The van der Waals surface area contributed by atoms with Crippen LogP contribution < -0.4 is 5.32 Å². The fourth-order valence-corrected chi connectivity index (χ4v) is 5.91. The number of nitrogens with one attached hydrogen (secondary N) is 1. The molecule has 5 nitrogen and oxygen atoms in total. The van der Waals surface area contributed by atoms with Crippen molar-refractivity contribution in [3.8, 4) is 5.75 Å². The number of fused-ring (bicyclic) bond motifs is 3. The van der Waals surface area contributed by atoms with Gasteiger partial charge in [0, 0.05) is 28.2 Å². The van der Waals surface area contributed by atoms with Crippen molar-refractivity contribution >= 4 is 16.6 Å². The van der Waals surface area contributed by atoms with Crippen LogP contribution in [-0.2, 0) is 5.41 Å². The summed E-state index contributed by atoms with van der Waals surface area (Å²) in [5, 5.41) is 24.9.